The number of hydrogen-bond acceptors (Lipinski definition) is 3. The van der Waals surface area contributed by atoms with Crippen LogP contribution >= 0.6 is 0 Å². The second-order valence-electron chi connectivity index (χ2n) is 6.53. The molecule has 0 radical (unpaired) electrons. The van der Waals surface area contributed by atoms with Gasteiger partial charge in [-0.25, -0.2) is 0 Å². The summed E-state index contributed by atoms with van der Waals surface area (Å²) in [4.78, 5) is 25.3. The Labute approximate surface area is 170 Å². The van der Waals surface area contributed by atoms with Crippen LogP contribution in [0.25, 0.3) is 0 Å². The van der Waals surface area contributed by atoms with E-state index in [2.05, 4.69) is 10.6 Å². The molecule has 0 heterocycles. The molecular weight excluding hydrogens is 364 g/mol. The van der Waals surface area contributed by atoms with Crippen molar-refractivity contribution in [1.29, 1.82) is 0 Å². The molecule has 0 aliphatic heterocycles. The Morgan fingerprint density at radius 2 is 1.38 bits per heavy atom. The fourth-order valence-electron chi connectivity index (χ4n) is 2.87. The Bertz CT molecular complexity index is 899. The van der Waals surface area contributed by atoms with Gasteiger partial charge in [-0.3, -0.25) is 9.59 Å². The molecule has 29 heavy (non-hydrogen) atoms. The van der Waals surface area contributed by atoms with Gasteiger partial charge in [-0.05, 0) is 29.8 Å². The maximum atomic E-state index is 12.7. The normalized spacial score (nSPS) is 11.3. The van der Waals surface area contributed by atoms with E-state index in [1.54, 1.807) is 24.3 Å². The molecule has 0 aliphatic rings. The fourth-order valence-corrected chi connectivity index (χ4v) is 2.87. The van der Waals surface area contributed by atoms with Gasteiger partial charge >= 0.3 is 0 Å². The zero-order valence-corrected chi connectivity index (χ0v) is 16.1. The van der Waals surface area contributed by atoms with E-state index in [0.717, 1.165) is 11.3 Å². The third kappa shape index (κ3) is 6.50. The number of carbonyl (C=O) groups excluding carboxylic acids is 2. The maximum Gasteiger partial charge on any atom is 0.251 e. The van der Waals surface area contributed by atoms with Crippen molar-refractivity contribution < 1.29 is 14.3 Å². The van der Waals surface area contributed by atoms with Crippen molar-refractivity contribution in [2.24, 2.45) is 0 Å². The number of carbonyl (C=O) groups is 2. The van der Waals surface area contributed by atoms with Crippen LogP contribution < -0.4 is 15.4 Å². The van der Waals surface area contributed by atoms with E-state index >= 15 is 0 Å². The molecule has 2 N–H and O–H groups in total. The summed E-state index contributed by atoms with van der Waals surface area (Å²) in [5, 5.41) is 5.70. The number of hydrogen-bond donors (Lipinski definition) is 2. The molecule has 3 aromatic rings. The molecule has 148 valence electrons. The van der Waals surface area contributed by atoms with Crippen molar-refractivity contribution in [1.82, 2.24) is 10.6 Å². The van der Waals surface area contributed by atoms with Crippen molar-refractivity contribution in [3.8, 4) is 5.75 Å². The fraction of sp³-hybridized carbons (Fsp3) is 0.167. The Kier molecular flexibility index (Phi) is 7.41. The summed E-state index contributed by atoms with van der Waals surface area (Å²) in [6, 6.07) is 27.2. The first kappa shape index (κ1) is 20.1. The molecule has 0 bridgehead atoms. The summed E-state index contributed by atoms with van der Waals surface area (Å²) in [6.07, 6.45) is 0.408. The van der Waals surface area contributed by atoms with Crippen molar-refractivity contribution in [2.75, 3.05) is 13.2 Å². The van der Waals surface area contributed by atoms with E-state index in [4.69, 9.17) is 4.74 Å². The molecule has 0 aromatic heterocycles. The molecule has 1 atom stereocenters. The number of amides is 2. The van der Waals surface area contributed by atoms with Crippen LogP contribution in [0.5, 0.6) is 5.75 Å². The van der Waals surface area contributed by atoms with Crippen molar-refractivity contribution in [2.45, 2.75) is 12.5 Å². The molecule has 0 saturated heterocycles. The van der Waals surface area contributed by atoms with Crippen LogP contribution in [0.2, 0.25) is 0 Å². The van der Waals surface area contributed by atoms with Crippen LogP contribution in [0.4, 0.5) is 0 Å². The topological polar surface area (TPSA) is 67.4 Å². The minimum Gasteiger partial charge on any atom is -0.492 e. The Morgan fingerprint density at radius 1 is 0.793 bits per heavy atom. The Morgan fingerprint density at radius 3 is 2.03 bits per heavy atom. The zero-order valence-electron chi connectivity index (χ0n) is 16.1. The first-order chi connectivity index (χ1) is 14.2. The molecule has 5 heteroatoms. The van der Waals surface area contributed by atoms with Gasteiger partial charge in [-0.1, -0.05) is 66.7 Å². The van der Waals surface area contributed by atoms with Gasteiger partial charge in [0.1, 0.15) is 18.4 Å². The maximum absolute atomic E-state index is 12.7. The van der Waals surface area contributed by atoms with Crippen LogP contribution in [0.15, 0.2) is 91.0 Å². The van der Waals surface area contributed by atoms with Crippen molar-refractivity contribution in [3.63, 3.8) is 0 Å². The summed E-state index contributed by atoms with van der Waals surface area (Å²) >= 11 is 0. The monoisotopic (exact) mass is 388 g/mol. The lowest BCUT2D eigenvalue weighted by atomic mass is 10.0. The number of rotatable bonds is 9. The predicted molar refractivity (Wildman–Crippen MR) is 113 cm³/mol. The number of nitrogens with one attached hydrogen (secondary N) is 2. The molecule has 0 saturated carbocycles. The van der Waals surface area contributed by atoms with Gasteiger partial charge in [0, 0.05) is 12.0 Å². The number of ether oxygens (including phenoxy) is 1. The number of para-hydroxylation sites is 1. The van der Waals surface area contributed by atoms with Crippen molar-refractivity contribution in [3.05, 3.63) is 102 Å². The van der Waals surface area contributed by atoms with Gasteiger partial charge < -0.3 is 15.4 Å². The third-order valence-corrected chi connectivity index (χ3v) is 4.35. The zero-order chi connectivity index (χ0) is 20.3. The smallest absolute Gasteiger partial charge is 0.251 e. The van der Waals surface area contributed by atoms with Gasteiger partial charge in [0.2, 0.25) is 5.91 Å². The molecule has 0 fully saturated rings. The van der Waals surface area contributed by atoms with E-state index in [0.29, 0.717) is 25.1 Å². The Hall–Kier alpha value is -3.60. The lowest BCUT2D eigenvalue weighted by molar-refractivity contribution is -0.123. The molecule has 3 aromatic carbocycles. The largest absolute Gasteiger partial charge is 0.492 e. The lowest BCUT2D eigenvalue weighted by Crippen LogP contribution is -2.48. The molecule has 3 rings (SSSR count). The Balaban J connectivity index is 1.58. The van der Waals surface area contributed by atoms with Crippen LogP contribution in [0.3, 0.4) is 0 Å². The van der Waals surface area contributed by atoms with E-state index in [9.17, 15) is 9.59 Å². The molecule has 2 amide bonds. The minimum atomic E-state index is -0.679. The summed E-state index contributed by atoms with van der Waals surface area (Å²) < 4.78 is 5.60. The molecular formula is C24H24N2O3. The second kappa shape index (κ2) is 10.7. The average molecular weight is 388 g/mol. The van der Waals surface area contributed by atoms with Gasteiger partial charge in [-0.15, -0.1) is 0 Å². The van der Waals surface area contributed by atoms with Crippen molar-refractivity contribution >= 4 is 11.8 Å². The van der Waals surface area contributed by atoms with Gasteiger partial charge in [0.25, 0.3) is 5.91 Å². The SMILES string of the molecule is O=C(N[C@H](Cc1ccccc1)C(=O)NCCOc1ccccc1)c1ccccc1. The van der Waals surface area contributed by atoms with Crippen LogP contribution in [-0.4, -0.2) is 31.0 Å². The molecule has 0 aliphatic carbocycles. The van der Waals surface area contributed by atoms with Gasteiger partial charge in [0.05, 0.1) is 6.54 Å². The average Bonchev–Trinajstić information content (AvgIpc) is 2.78. The predicted octanol–water partition coefficient (Wildman–Crippen LogP) is 3.22. The molecule has 0 unspecified atom stereocenters. The van der Waals surface area contributed by atoms with E-state index in [1.807, 2.05) is 66.7 Å². The molecule has 5 nitrogen and oxygen atoms in total. The minimum absolute atomic E-state index is 0.241. The first-order valence-corrected chi connectivity index (χ1v) is 9.58. The highest BCUT2D eigenvalue weighted by molar-refractivity contribution is 5.97. The van der Waals surface area contributed by atoms with Crippen LogP contribution in [-0.2, 0) is 11.2 Å². The quantitative estimate of drug-likeness (QED) is 0.553. The molecule has 0 spiro atoms. The van der Waals surface area contributed by atoms with Gasteiger partial charge in [-0.2, -0.15) is 0 Å². The highest BCUT2D eigenvalue weighted by atomic mass is 16.5. The highest BCUT2D eigenvalue weighted by Gasteiger charge is 2.21. The van der Waals surface area contributed by atoms with Crippen LogP contribution in [0, 0.1) is 0 Å². The lowest BCUT2D eigenvalue weighted by Gasteiger charge is -2.19. The van der Waals surface area contributed by atoms with E-state index in [1.165, 1.54) is 0 Å². The first-order valence-electron chi connectivity index (χ1n) is 9.58. The van der Waals surface area contributed by atoms with E-state index < -0.39 is 6.04 Å². The summed E-state index contributed by atoms with van der Waals surface area (Å²) in [7, 11) is 0. The highest BCUT2D eigenvalue weighted by Crippen LogP contribution is 2.08. The standard InChI is InChI=1S/C24H24N2O3/c27-23(20-12-6-2-7-13-20)26-22(18-19-10-4-1-5-11-19)24(28)25-16-17-29-21-14-8-3-9-15-21/h1-15,22H,16-18H2,(H,25,28)(H,26,27)/t22-/m1/s1. The van der Waals surface area contributed by atoms with Crippen LogP contribution in [0.1, 0.15) is 15.9 Å². The second-order valence-corrected chi connectivity index (χ2v) is 6.53. The number of benzene rings is 3. The van der Waals surface area contributed by atoms with E-state index in [-0.39, 0.29) is 11.8 Å². The third-order valence-electron chi connectivity index (χ3n) is 4.35. The van der Waals surface area contributed by atoms with Gasteiger partial charge in [0.15, 0.2) is 0 Å². The summed E-state index contributed by atoms with van der Waals surface area (Å²) in [5.41, 5.74) is 1.49. The summed E-state index contributed by atoms with van der Waals surface area (Å²) in [5.74, 6) is 0.233. The summed E-state index contributed by atoms with van der Waals surface area (Å²) in [6.45, 7) is 0.695.